The maximum Gasteiger partial charge on any atom is 0.319 e. The first-order chi connectivity index (χ1) is 11.5. The number of carbonyl (C=O) groups is 2. The van der Waals surface area contributed by atoms with Gasteiger partial charge in [-0.2, -0.15) is 0 Å². The van der Waals surface area contributed by atoms with Crippen molar-refractivity contribution in [3.05, 3.63) is 60.4 Å². The molecule has 2 aromatic rings. The highest BCUT2D eigenvalue weighted by Gasteiger charge is 2.24. The monoisotopic (exact) mass is 329 g/mol. The van der Waals surface area contributed by atoms with Crippen LogP contribution in [-0.2, 0) is 4.79 Å². The van der Waals surface area contributed by atoms with E-state index in [4.69, 9.17) is 0 Å². The van der Waals surface area contributed by atoms with E-state index in [9.17, 15) is 14.0 Å². The molecule has 1 atom stereocenters. The number of benzene rings is 2. The van der Waals surface area contributed by atoms with Crippen molar-refractivity contribution in [2.24, 2.45) is 5.92 Å². The van der Waals surface area contributed by atoms with Gasteiger partial charge in [0.25, 0.3) is 0 Å². The van der Waals surface area contributed by atoms with Gasteiger partial charge in [0.05, 0.1) is 0 Å². The number of amides is 3. The summed E-state index contributed by atoms with van der Waals surface area (Å²) in [6.07, 6.45) is 0. The molecule has 2 aromatic carbocycles. The topological polar surface area (TPSA) is 70.2 Å². The van der Waals surface area contributed by atoms with Crippen LogP contribution in [-0.4, -0.2) is 18.0 Å². The first-order valence-electron chi connectivity index (χ1n) is 7.64. The van der Waals surface area contributed by atoms with Crippen LogP contribution in [0.25, 0.3) is 0 Å². The molecule has 0 radical (unpaired) electrons. The van der Waals surface area contributed by atoms with Gasteiger partial charge in [0.1, 0.15) is 11.9 Å². The number of carbonyl (C=O) groups excluding carboxylic acids is 2. The van der Waals surface area contributed by atoms with Crippen LogP contribution in [0.5, 0.6) is 0 Å². The molecule has 126 valence electrons. The second-order valence-electron chi connectivity index (χ2n) is 5.69. The maximum absolute atomic E-state index is 13.2. The fraction of sp³-hybridized carbons (Fsp3) is 0.222. The second-order valence-corrected chi connectivity index (χ2v) is 5.69. The van der Waals surface area contributed by atoms with E-state index in [0.29, 0.717) is 11.4 Å². The van der Waals surface area contributed by atoms with Crippen molar-refractivity contribution in [1.82, 2.24) is 5.32 Å². The number of hydrogen-bond acceptors (Lipinski definition) is 2. The van der Waals surface area contributed by atoms with Gasteiger partial charge in [-0.25, -0.2) is 9.18 Å². The van der Waals surface area contributed by atoms with Crippen molar-refractivity contribution in [2.75, 3.05) is 10.6 Å². The van der Waals surface area contributed by atoms with Crippen LogP contribution in [0.15, 0.2) is 54.6 Å². The van der Waals surface area contributed by atoms with Crippen LogP contribution < -0.4 is 16.0 Å². The Balaban J connectivity index is 2.00. The Kier molecular flexibility index (Phi) is 5.89. The predicted molar refractivity (Wildman–Crippen MR) is 92.3 cm³/mol. The quantitative estimate of drug-likeness (QED) is 0.784. The molecule has 0 fully saturated rings. The summed E-state index contributed by atoms with van der Waals surface area (Å²) in [6.45, 7) is 3.64. The number of halogens is 1. The summed E-state index contributed by atoms with van der Waals surface area (Å²) in [5.41, 5.74) is 0.971. The van der Waals surface area contributed by atoms with E-state index in [0.717, 1.165) is 0 Å². The van der Waals surface area contributed by atoms with Crippen LogP contribution in [0, 0.1) is 11.7 Å². The van der Waals surface area contributed by atoms with Crippen LogP contribution in [0.2, 0.25) is 0 Å². The Morgan fingerprint density at radius 3 is 2.21 bits per heavy atom. The van der Waals surface area contributed by atoms with Gasteiger partial charge >= 0.3 is 6.03 Å². The number of para-hydroxylation sites is 1. The van der Waals surface area contributed by atoms with E-state index in [1.165, 1.54) is 18.2 Å². The number of nitrogens with one attached hydrogen (secondary N) is 3. The lowest BCUT2D eigenvalue weighted by molar-refractivity contribution is -0.118. The lowest BCUT2D eigenvalue weighted by Gasteiger charge is -2.22. The third kappa shape index (κ3) is 5.08. The molecule has 0 aliphatic rings. The molecule has 5 nitrogen and oxygen atoms in total. The summed E-state index contributed by atoms with van der Waals surface area (Å²) < 4.78 is 13.2. The molecule has 0 heterocycles. The Labute approximate surface area is 140 Å². The largest absolute Gasteiger partial charge is 0.326 e. The molecule has 2 rings (SSSR count). The second kappa shape index (κ2) is 8.10. The van der Waals surface area contributed by atoms with E-state index < -0.39 is 23.8 Å². The fourth-order valence-electron chi connectivity index (χ4n) is 2.15. The molecule has 0 spiro atoms. The van der Waals surface area contributed by atoms with Crippen molar-refractivity contribution in [3.63, 3.8) is 0 Å². The normalized spacial score (nSPS) is 11.7. The van der Waals surface area contributed by atoms with Gasteiger partial charge in [-0.15, -0.1) is 0 Å². The summed E-state index contributed by atoms with van der Waals surface area (Å²) in [7, 11) is 0. The van der Waals surface area contributed by atoms with Gasteiger partial charge in [-0.3, -0.25) is 4.79 Å². The molecule has 0 aliphatic heterocycles. The van der Waals surface area contributed by atoms with E-state index in [1.54, 1.807) is 30.3 Å². The Bertz CT molecular complexity index is 704. The average Bonchev–Trinajstić information content (AvgIpc) is 2.53. The van der Waals surface area contributed by atoms with Gasteiger partial charge in [-0.1, -0.05) is 38.1 Å². The highest BCUT2D eigenvalue weighted by atomic mass is 19.1. The third-order valence-corrected chi connectivity index (χ3v) is 3.36. The van der Waals surface area contributed by atoms with Crippen LogP contribution >= 0.6 is 0 Å². The van der Waals surface area contributed by atoms with E-state index in [-0.39, 0.29) is 5.92 Å². The van der Waals surface area contributed by atoms with Gasteiger partial charge in [0.15, 0.2) is 0 Å². The van der Waals surface area contributed by atoms with Crippen molar-refractivity contribution < 1.29 is 14.0 Å². The molecule has 0 saturated carbocycles. The lowest BCUT2D eigenvalue weighted by Crippen LogP contribution is -2.48. The number of rotatable bonds is 5. The smallest absolute Gasteiger partial charge is 0.319 e. The minimum absolute atomic E-state index is 0.139. The van der Waals surface area contributed by atoms with Crippen molar-refractivity contribution in [2.45, 2.75) is 19.9 Å². The fourth-order valence-corrected chi connectivity index (χ4v) is 2.15. The van der Waals surface area contributed by atoms with Crippen molar-refractivity contribution >= 4 is 23.3 Å². The average molecular weight is 329 g/mol. The molecule has 3 amide bonds. The first kappa shape index (κ1) is 17.5. The Morgan fingerprint density at radius 1 is 0.917 bits per heavy atom. The predicted octanol–water partition coefficient (Wildman–Crippen LogP) is 3.61. The van der Waals surface area contributed by atoms with Crippen LogP contribution in [0.1, 0.15) is 13.8 Å². The van der Waals surface area contributed by atoms with Crippen molar-refractivity contribution in [1.29, 1.82) is 0 Å². The zero-order chi connectivity index (χ0) is 17.5. The number of hydrogen-bond donors (Lipinski definition) is 3. The summed E-state index contributed by atoms with van der Waals surface area (Å²) in [5.74, 6) is -0.984. The molecule has 24 heavy (non-hydrogen) atoms. The summed E-state index contributed by atoms with van der Waals surface area (Å²) in [6, 6.07) is 13.3. The molecule has 3 N–H and O–H groups in total. The minimum atomic E-state index is -0.753. The van der Waals surface area contributed by atoms with Gasteiger partial charge in [0.2, 0.25) is 5.91 Å². The van der Waals surface area contributed by atoms with E-state index >= 15 is 0 Å². The zero-order valence-corrected chi connectivity index (χ0v) is 13.5. The molecule has 0 saturated heterocycles. The standard InChI is InChI=1S/C18H20FN3O2/c1-12(2)16(17(23)20-15-10-6-7-13(19)11-15)22-18(24)21-14-8-4-3-5-9-14/h3-12,16H,1-2H3,(H,20,23)(H2,21,22,24). The van der Waals surface area contributed by atoms with Gasteiger partial charge in [0, 0.05) is 11.4 Å². The van der Waals surface area contributed by atoms with Crippen molar-refractivity contribution in [3.8, 4) is 0 Å². The van der Waals surface area contributed by atoms with Crippen LogP contribution in [0.4, 0.5) is 20.6 Å². The lowest BCUT2D eigenvalue weighted by atomic mass is 10.0. The molecule has 6 heteroatoms. The summed E-state index contributed by atoms with van der Waals surface area (Å²) >= 11 is 0. The molecule has 0 aliphatic carbocycles. The number of anilines is 2. The molecular formula is C18H20FN3O2. The minimum Gasteiger partial charge on any atom is -0.326 e. The maximum atomic E-state index is 13.2. The van der Waals surface area contributed by atoms with Gasteiger partial charge < -0.3 is 16.0 Å². The molecule has 1 unspecified atom stereocenters. The third-order valence-electron chi connectivity index (χ3n) is 3.36. The van der Waals surface area contributed by atoms with E-state index in [1.807, 2.05) is 19.9 Å². The number of urea groups is 1. The van der Waals surface area contributed by atoms with Gasteiger partial charge in [-0.05, 0) is 36.2 Å². The molecular weight excluding hydrogens is 309 g/mol. The van der Waals surface area contributed by atoms with E-state index in [2.05, 4.69) is 16.0 Å². The molecule has 0 aromatic heterocycles. The zero-order valence-electron chi connectivity index (χ0n) is 13.5. The Hall–Kier alpha value is -2.89. The summed E-state index contributed by atoms with van der Waals surface area (Å²) in [5, 5.41) is 7.92. The SMILES string of the molecule is CC(C)C(NC(=O)Nc1ccccc1)C(=O)Nc1cccc(F)c1. The highest BCUT2D eigenvalue weighted by Crippen LogP contribution is 2.12. The Morgan fingerprint density at radius 2 is 1.58 bits per heavy atom. The van der Waals surface area contributed by atoms with Crippen LogP contribution in [0.3, 0.4) is 0 Å². The highest BCUT2D eigenvalue weighted by molar-refractivity contribution is 5.99. The first-order valence-corrected chi connectivity index (χ1v) is 7.64. The summed E-state index contributed by atoms with van der Waals surface area (Å²) in [4.78, 5) is 24.5. The molecule has 0 bridgehead atoms.